The van der Waals surface area contributed by atoms with E-state index in [1.54, 1.807) is 0 Å². The van der Waals surface area contributed by atoms with Gasteiger partial charge < -0.3 is 5.32 Å². The normalized spacial score (nSPS) is 17.4. The summed E-state index contributed by atoms with van der Waals surface area (Å²) < 4.78 is 0. The Kier molecular flexibility index (Phi) is 3.31. The minimum atomic E-state index is 0.0156. The average molecular weight is 233 g/mol. The van der Waals surface area contributed by atoms with Crippen molar-refractivity contribution in [1.29, 1.82) is 0 Å². The number of carbonyl (C=O) groups excluding carboxylic acids is 1. The monoisotopic (exact) mass is 233 g/mol. The Morgan fingerprint density at radius 1 is 1.47 bits per heavy atom. The lowest BCUT2D eigenvalue weighted by atomic mass is 10.0. The van der Waals surface area contributed by atoms with Crippen LogP contribution in [0, 0.1) is 19.8 Å². The smallest absolute Gasteiger partial charge is 0.224 e. The van der Waals surface area contributed by atoms with Crippen molar-refractivity contribution in [1.82, 2.24) is 15.5 Å². The molecular formula is C13H19N3O. The molecule has 1 amide bonds. The largest absolute Gasteiger partial charge is 0.349 e. The summed E-state index contributed by atoms with van der Waals surface area (Å²) in [5, 5.41) is 10.2. The van der Waals surface area contributed by atoms with Gasteiger partial charge in [-0.15, -0.1) is 0 Å². The molecule has 1 atom stereocenters. The van der Waals surface area contributed by atoms with E-state index in [1.165, 1.54) is 0 Å². The van der Waals surface area contributed by atoms with Crippen LogP contribution in [0.3, 0.4) is 0 Å². The van der Waals surface area contributed by atoms with E-state index in [1.807, 2.05) is 20.8 Å². The molecule has 1 aliphatic carbocycles. The third-order valence-corrected chi connectivity index (χ3v) is 3.36. The number of nitrogens with one attached hydrogen (secondary N) is 2. The second kappa shape index (κ2) is 4.73. The summed E-state index contributed by atoms with van der Waals surface area (Å²) in [6.07, 6.45) is 5.87. The molecular weight excluding hydrogens is 214 g/mol. The maximum absolute atomic E-state index is 12.0. The van der Waals surface area contributed by atoms with Gasteiger partial charge in [-0.25, -0.2) is 0 Å². The van der Waals surface area contributed by atoms with Crippen LogP contribution in [-0.4, -0.2) is 16.1 Å². The van der Waals surface area contributed by atoms with Crippen LogP contribution in [0.1, 0.15) is 42.8 Å². The van der Waals surface area contributed by atoms with Crippen molar-refractivity contribution in [2.24, 2.45) is 5.92 Å². The van der Waals surface area contributed by atoms with Crippen LogP contribution < -0.4 is 5.32 Å². The Morgan fingerprint density at radius 2 is 2.12 bits per heavy atom. The molecule has 1 aromatic heterocycles. The van der Waals surface area contributed by atoms with Crippen molar-refractivity contribution in [3.8, 4) is 0 Å². The SMILES string of the molecule is Cc1n[nH]c(C)c1C(C)NC(=O)C1CC=CC1. The lowest BCUT2D eigenvalue weighted by Crippen LogP contribution is -2.32. The van der Waals surface area contributed by atoms with Crippen molar-refractivity contribution >= 4 is 5.91 Å². The maximum atomic E-state index is 12.0. The summed E-state index contributed by atoms with van der Waals surface area (Å²) >= 11 is 0. The molecule has 0 spiro atoms. The molecule has 1 aliphatic rings. The Labute approximate surface area is 101 Å². The molecule has 0 aliphatic heterocycles. The minimum absolute atomic E-state index is 0.0156. The van der Waals surface area contributed by atoms with Gasteiger partial charge in [-0.05, 0) is 33.6 Å². The van der Waals surface area contributed by atoms with Crippen LogP contribution in [0.5, 0.6) is 0 Å². The lowest BCUT2D eigenvalue weighted by molar-refractivity contribution is -0.125. The van der Waals surface area contributed by atoms with Gasteiger partial charge in [0.2, 0.25) is 5.91 Å². The molecule has 1 aromatic rings. The van der Waals surface area contributed by atoms with Crippen LogP contribution >= 0.6 is 0 Å². The molecule has 0 saturated heterocycles. The number of hydrogen-bond acceptors (Lipinski definition) is 2. The van der Waals surface area contributed by atoms with E-state index in [2.05, 4.69) is 27.7 Å². The summed E-state index contributed by atoms with van der Waals surface area (Å²) in [4.78, 5) is 12.0. The van der Waals surface area contributed by atoms with Gasteiger partial charge >= 0.3 is 0 Å². The number of nitrogens with zero attached hydrogens (tertiary/aromatic N) is 1. The second-order valence-corrected chi connectivity index (χ2v) is 4.72. The molecule has 0 aromatic carbocycles. The zero-order chi connectivity index (χ0) is 12.4. The third-order valence-electron chi connectivity index (χ3n) is 3.36. The van der Waals surface area contributed by atoms with Crippen LogP contribution in [0.15, 0.2) is 12.2 Å². The zero-order valence-electron chi connectivity index (χ0n) is 10.6. The first-order valence-corrected chi connectivity index (χ1v) is 6.06. The molecule has 2 rings (SSSR count). The Morgan fingerprint density at radius 3 is 2.65 bits per heavy atom. The number of allylic oxidation sites excluding steroid dienone is 2. The van der Waals surface area contributed by atoms with Gasteiger partial charge in [-0.3, -0.25) is 9.89 Å². The highest BCUT2D eigenvalue weighted by Crippen LogP contribution is 2.22. The summed E-state index contributed by atoms with van der Waals surface area (Å²) in [6.45, 7) is 5.94. The van der Waals surface area contributed by atoms with E-state index in [-0.39, 0.29) is 17.9 Å². The highest BCUT2D eigenvalue weighted by molar-refractivity contribution is 5.80. The van der Waals surface area contributed by atoms with Crippen molar-refractivity contribution in [3.05, 3.63) is 29.1 Å². The van der Waals surface area contributed by atoms with Crippen LogP contribution in [-0.2, 0) is 4.79 Å². The molecule has 0 fully saturated rings. The highest BCUT2D eigenvalue weighted by atomic mass is 16.1. The van der Waals surface area contributed by atoms with Crippen molar-refractivity contribution < 1.29 is 4.79 Å². The number of aryl methyl sites for hydroxylation is 2. The van der Waals surface area contributed by atoms with Gasteiger partial charge in [-0.2, -0.15) is 5.10 Å². The summed E-state index contributed by atoms with van der Waals surface area (Å²) in [7, 11) is 0. The van der Waals surface area contributed by atoms with E-state index in [0.29, 0.717) is 0 Å². The Hall–Kier alpha value is -1.58. The molecule has 0 saturated carbocycles. The first-order valence-electron chi connectivity index (χ1n) is 6.06. The molecule has 0 radical (unpaired) electrons. The van der Waals surface area contributed by atoms with Gasteiger partial charge in [-0.1, -0.05) is 12.2 Å². The van der Waals surface area contributed by atoms with E-state index in [0.717, 1.165) is 29.8 Å². The van der Waals surface area contributed by atoms with E-state index in [4.69, 9.17) is 0 Å². The molecule has 1 heterocycles. The number of rotatable bonds is 3. The number of aromatic nitrogens is 2. The molecule has 4 nitrogen and oxygen atoms in total. The van der Waals surface area contributed by atoms with Gasteiger partial charge in [0.15, 0.2) is 0 Å². The molecule has 17 heavy (non-hydrogen) atoms. The van der Waals surface area contributed by atoms with Gasteiger partial charge in [0.1, 0.15) is 0 Å². The van der Waals surface area contributed by atoms with Gasteiger partial charge in [0.25, 0.3) is 0 Å². The Balaban J connectivity index is 2.01. The summed E-state index contributed by atoms with van der Waals surface area (Å²) in [5.74, 6) is 0.257. The van der Waals surface area contributed by atoms with Crippen molar-refractivity contribution in [2.75, 3.05) is 0 Å². The first-order chi connectivity index (χ1) is 8.09. The lowest BCUT2D eigenvalue weighted by Gasteiger charge is -2.17. The van der Waals surface area contributed by atoms with Crippen LogP contribution in [0.4, 0.5) is 0 Å². The zero-order valence-corrected chi connectivity index (χ0v) is 10.6. The fraction of sp³-hybridized carbons (Fsp3) is 0.538. The van der Waals surface area contributed by atoms with Crippen molar-refractivity contribution in [2.45, 2.75) is 39.7 Å². The fourth-order valence-electron chi connectivity index (χ4n) is 2.43. The highest BCUT2D eigenvalue weighted by Gasteiger charge is 2.22. The molecule has 1 unspecified atom stereocenters. The topological polar surface area (TPSA) is 57.8 Å². The van der Waals surface area contributed by atoms with Gasteiger partial charge in [0.05, 0.1) is 11.7 Å². The fourth-order valence-corrected chi connectivity index (χ4v) is 2.43. The maximum Gasteiger partial charge on any atom is 0.224 e. The average Bonchev–Trinajstić information content (AvgIpc) is 2.88. The second-order valence-electron chi connectivity index (χ2n) is 4.72. The van der Waals surface area contributed by atoms with Crippen LogP contribution in [0.2, 0.25) is 0 Å². The number of amides is 1. The number of hydrogen-bond donors (Lipinski definition) is 2. The summed E-state index contributed by atoms with van der Waals surface area (Å²) in [5.41, 5.74) is 3.09. The molecule has 2 N–H and O–H groups in total. The molecule has 0 bridgehead atoms. The van der Waals surface area contributed by atoms with Crippen LogP contribution in [0.25, 0.3) is 0 Å². The third kappa shape index (κ3) is 2.40. The van der Waals surface area contributed by atoms with Gasteiger partial charge in [0, 0.05) is 17.2 Å². The van der Waals surface area contributed by atoms with E-state index < -0.39 is 0 Å². The number of aromatic amines is 1. The first kappa shape index (κ1) is 11.9. The standard InChI is InChI=1S/C13H19N3O/c1-8(12-9(2)15-16-10(12)3)14-13(17)11-6-4-5-7-11/h4-5,8,11H,6-7H2,1-3H3,(H,14,17)(H,15,16). The quantitative estimate of drug-likeness (QED) is 0.786. The number of H-pyrrole nitrogens is 1. The number of carbonyl (C=O) groups is 1. The predicted molar refractivity (Wildman–Crippen MR) is 66.5 cm³/mol. The molecule has 92 valence electrons. The van der Waals surface area contributed by atoms with Crippen molar-refractivity contribution in [3.63, 3.8) is 0 Å². The van der Waals surface area contributed by atoms with E-state index in [9.17, 15) is 4.79 Å². The minimum Gasteiger partial charge on any atom is -0.349 e. The predicted octanol–water partition coefficient (Wildman–Crippen LogP) is 2.17. The molecule has 4 heteroatoms. The Bertz CT molecular complexity index is 420. The van der Waals surface area contributed by atoms with E-state index >= 15 is 0 Å². The summed E-state index contributed by atoms with van der Waals surface area (Å²) in [6, 6.07) is 0.0156.